The van der Waals surface area contributed by atoms with Gasteiger partial charge in [-0.25, -0.2) is 0 Å². The zero-order valence-corrected chi connectivity index (χ0v) is 6.47. The molecule has 0 radical (unpaired) electrons. The highest BCUT2D eigenvalue weighted by molar-refractivity contribution is 4.74. The van der Waals surface area contributed by atoms with Crippen LogP contribution in [0.5, 0.6) is 0 Å². The molecule has 2 nitrogen and oxygen atoms in total. The van der Waals surface area contributed by atoms with E-state index in [1.165, 1.54) is 19.4 Å². The van der Waals surface area contributed by atoms with Gasteiger partial charge in [0.05, 0.1) is 0 Å². The molecule has 0 bridgehead atoms. The van der Waals surface area contributed by atoms with Gasteiger partial charge in [-0.2, -0.15) is 0 Å². The predicted molar refractivity (Wildman–Crippen MR) is 41.9 cm³/mol. The van der Waals surface area contributed by atoms with Crippen molar-refractivity contribution in [2.75, 3.05) is 19.7 Å². The highest BCUT2D eigenvalue weighted by atomic mass is 16.2. The van der Waals surface area contributed by atoms with Crippen molar-refractivity contribution in [2.24, 2.45) is 5.92 Å². The molecular weight excluding hydrogens is 126 g/mol. The molecule has 0 aliphatic heterocycles. The monoisotopic (exact) mass is 143 g/mol. The summed E-state index contributed by atoms with van der Waals surface area (Å²) in [6.45, 7) is 2.62. The van der Waals surface area contributed by atoms with Gasteiger partial charge in [-0.1, -0.05) is 0 Å². The lowest BCUT2D eigenvalue weighted by Gasteiger charge is -2.00. The fraction of sp³-hybridized carbons (Fsp3) is 1.00. The van der Waals surface area contributed by atoms with Crippen LogP contribution in [0.25, 0.3) is 0 Å². The molecular formula is C8H17NO. The summed E-state index contributed by atoms with van der Waals surface area (Å²) in [6.07, 6.45) is 4.90. The van der Waals surface area contributed by atoms with E-state index in [0.29, 0.717) is 6.61 Å². The Balaban J connectivity index is 1.68. The average Bonchev–Trinajstić information content (AvgIpc) is 2.71. The molecule has 0 atom stereocenters. The van der Waals surface area contributed by atoms with Crippen LogP contribution >= 0.6 is 0 Å². The quantitative estimate of drug-likeness (QED) is 0.538. The second-order valence-electron chi connectivity index (χ2n) is 3.08. The summed E-state index contributed by atoms with van der Waals surface area (Å²) in [6, 6.07) is 0. The molecule has 0 spiro atoms. The first-order chi connectivity index (χ1) is 4.93. The smallest absolute Gasteiger partial charge is 0.0431 e. The summed E-state index contributed by atoms with van der Waals surface area (Å²) in [5.74, 6) is 0.981. The van der Waals surface area contributed by atoms with E-state index in [1.54, 1.807) is 0 Å². The first kappa shape index (κ1) is 8.02. The summed E-state index contributed by atoms with van der Waals surface area (Å²) in [7, 11) is 0. The van der Waals surface area contributed by atoms with Gasteiger partial charge in [0, 0.05) is 6.61 Å². The molecule has 1 saturated carbocycles. The number of unbranched alkanes of at least 4 members (excludes halogenated alkanes) is 1. The molecule has 0 aromatic carbocycles. The SMILES string of the molecule is OCCCCNCC1CC1. The van der Waals surface area contributed by atoms with Crippen LogP contribution < -0.4 is 5.32 Å². The minimum Gasteiger partial charge on any atom is -0.396 e. The molecule has 0 amide bonds. The Labute approximate surface area is 62.6 Å². The van der Waals surface area contributed by atoms with Crippen molar-refractivity contribution >= 4 is 0 Å². The molecule has 10 heavy (non-hydrogen) atoms. The molecule has 0 aromatic rings. The van der Waals surface area contributed by atoms with Crippen LogP contribution in [0, 0.1) is 5.92 Å². The van der Waals surface area contributed by atoms with Gasteiger partial charge in [0.25, 0.3) is 0 Å². The third-order valence-electron chi connectivity index (χ3n) is 1.89. The average molecular weight is 143 g/mol. The molecule has 0 aromatic heterocycles. The largest absolute Gasteiger partial charge is 0.396 e. The standard InChI is InChI=1S/C8H17NO/c10-6-2-1-5-9-7-8-3-4-8/h8-10H,1-7H2. The lowest BCUT2D eigenvalue weighted by atomic mass is 10.3. The van der Waals surface area contributed by atoms with E-state index in [-0.39, 0.29) is 0 Å². The van der Waals surface area contributed by atoms with Crippen molar-refractivity contribution in [1.82, 2.24) is 5.32 Å². The number of aliphatic hydroxyl groups excluding tert-OH is 1. The Kier molecular flexibility index (Phi) is 3.76. The molecule has 0 heterocycles. The third-order valence-corrected chi connectivity index (χ3v) is 1.89. The number of aliphatic hydroxyl groups is 1. The molecule has 1 rings (SSSR count). The van der Waals surface area contributed by atoms with Gasteiger partial charge in [0.1, 0.15) is 0 Å². The molecule has 1 fully saturated rings. The Bertz CT molecular complexity index is 81.3. The fourth-order valence-electron chi connectivity index (χ4n) is 0.990. The van der Waals surface area contributed by atoms with Gasteiger partial charge < -0.3 is 10.4 Å². The van der Waals surface area contributed by atoms with Crippen molar-refractivity contribution in [1.29, 1.82) is 0 Å². The number of nitrogens with one attached hydrogen (secondary N) is 1. The maximum atomic E-state index is 8.46. The summed E-state index contributed by atoms with van der Waals surface area (Å²) in [5.41, 5.74) is 0. The second-order valence-corrected chi connectivity index (χ2v) is 3.08. The van der Waals surface area contributed by atoms with Crippen molar-refractivity contribution in [3.05, 3.63) is 0 Å². The second kappa shape index (κ2) is 4.69. The highest BCUT2D eigenvalue weighted by Gasteiger charge is 2.19. The van der Waals surface area contributed by atoms with Crippen molar-refractivity contribution in [3.8, 4) is 0 Å². The zero-order valence-electron chi connectivity index (χ0n) is 6.47. The van der Waals surface area contributed by atoms with Crippen LogP contribution in [-0.2, 0) is 0 Å². The van der Waals surface area contributed by atoms with Crippen LogP contribution in [0.4, 0.5) is 0 Å². The maximum Gasteiger partial charge on any atom is 0.0431 e. The molecule has 2 heteroatoms. The topological polar surface area (TPSA) is 32.3 Å². The summed E-state index contributed by atoms with van der Waals surface area (Å²) in [4.78, 5) is 0. The minimum absolute atomic E-state index is 0.338. The van der Waals surface area contributed by atoms with Gasteiger partial charge in [-0.3, -0.25) is 0 Å². The number of rotatable bonds is 6. The zero-order chi connectivity index (χ0) is 7.23. The van der Waals surface area contributed by atoms with Gasteiger partial charge in [0.2, 0.25) is 0 Å². The lowest BCUT2D eigenvalue weighted by molar-refractivity contribution is 0.283. The normalized spacial score (nSPS) is 17.7. The fourth-order valence-corrected chi connectivity index (χ4v) is 0.990. The molecule has 2 N–H and O–H groups in total. The van der Waals surface area contributed by atoms with Crippen molar-refractivity contribution in [2.45, 2.75) is 25.7 Å². The van der Waals surface area contributed by atoms with Gasteiger partial charge in [-0.15, -0.1) is 0 Å². The van der Waals surface area contributed by atoms with Crippen molar-refractivity contribution in [3.63, 3.8) is 0 Å². The molecule has 0 saturated heterocycles. The van der Waals surface area contributed by atoms with E-state index in [4.69, 9.17) is 5.11 Å². The minimum atomic E-state index is 0.338. The Morgan fingerprint density at radius 3 is 2.70 bits per heavy atom. The van der Waals surface area contributed by atoms with Gasteiger partial charge >= 0.3 is 0 Å². The predicted octanol–water partition coefficient (Wildman–Crippen LogP) is 0.758. The third kappa shape index (κ3) is 3.85. The van der Waals surface area contributed by atoms with E-state index >= 15 is 0 Å². The number of hydrogen-bond donors (Lipinski definition) is 2. The first-order valence-electron chi connectivity index (χ1n) is 4.25. The van der Waals surface area contributed by atoms with Crippen LogP contribution in [0.15, 0.2) is 0 Å². The molecule has 1 aliphatic rings. The van der Waals surface area contributed by atoms with Crippen LogP contribution in [-0.4, -0.2) is 24.8 Å². The van der Waals surface area contributed by atoms with E-state index in [9.17, 15) is 0 Å². The van der Waals surface area contributed by atoms with E-state index in [0.717, 1.165) is 25.3 Å². The van der Waals surface area contributed by atoms with E-state index < -0.39 is 0 Å². The molecule has 60 valence electrons. The summed E-state index contributed by atoms with van der Waals surface area (Å²) >= 11 is 0. The number of hydrogen-bond acceptors (Lipinski definition) is 2. The summed E-state index contributed by atoms with van der Waals surface area (Å²) in [5, 5.41) is 11.8. The summed E-state index contributed by atoms with van der Waals surface area (Å²) < 4.78 is 0. The van der Waals surface area contributed by atoms with Crippen LogP contribution in [0.2, 0.25) is 0 Å². The van der Waals surface area contributed by atoms with E-state index in [1.807, 2.05) is 0 Å². The Hall–Kier alpha value is -0.0800. The highest BCUT2D eigenvalue weighted by Crippen LogP contribution is 2.27. The lowest BCUT2D eigenvalue weighted by Crippen LogP contribution is -2.18. The van der Waals surface area contributed by atoms with Crippen molar-refractivity contribution < 1.29 is 5.11 Å². The first-order valence-corrected chi connectivity index (χ1v) is 4.25. The molecule has 0 unspecified atom stereocenters. The van der Waals surface area contributed by atoms with Crippen LogP contribution in [0.3, 0.4) is 0 Å². The Morgan fingerprint density at radius 1 is 1.30 bits per heavy atom. The van der Waals surface area contributed by atoms with Gasteiger partial charge in [-0.05, 0) is 44.7 Å². The maximum absolute atomic E-state index is 8.46. The molecule has 1 aliphatic carbocycles. The van der Waals surface area contributed by atoms with Gasteiger partial charge in [0.15, 0.2) is 0 Å². The van der Waals surface area contributed by atoms with E-state index in [2.05, 4.69) is 5.32 Å². The van der Waals surface area contributed by atoms with Crippen LogP contribution in [0.1, 0.15) is 25.7 Å². The Morgan fingerprint density at radius 2 is 2.10 bits per heavy atom.